The Balaban J connectivity index is 1.92. The molecular weight excluding hydrogens is 297 g/mol. The Bertz CT molecular complexity index is 528. The average Bonchev–Trinajstić information content (AvgIpc) is 2.36. The minimum atomic E-state index is -0.254. The predicted octanol–water partition coefficient (Wildman–Crippen LogP) is 3.89. The highest BCUT2D eigenvalue weighted by atomic mass is 79.9. The Morgan fingerprint density at radius 3 is 2.50 bits per heavy atom. The summed E-state index contributed by atoms with van der Waals surface area (Å²) >= 11 is 3.30. The maximum atomic E-state index is 13.4. The molecule has 0 aliphatic rings. The molecule has 0 amide bonds. The Morgan fingerprint density at radius 2 is 1.78 bits per heavy atom. The number of halogens is 2. The minimum absolute atomic E-state index is 0.246. The van der Waals surface area contributed by atoms with Crippen molar-refractivity contribution < 1.29 is 9.13 Å². The van der Waals surface area contributed by atoms with Gasteiger partial charge in [-0.05, 0) is 35.9 Å². The lowest BCUT2D eigenvalue weighted by atomic mass is 10.2. The largest absolute Gasteiger partial charge is 0.399 e. The first-order chi connectivity index (χ1) is 8.65. The van der Waals surface area contributed by atoms with Gasteiger partial charge in [-0.1, -0.05) is 28.1 Å². The molecule has 94 valence electrons. The second kappa shape index (κ2) is 5.98. The zero-order valence-electron chi connectivity index (χ0n) is 9.70. The molecule has 0 heterocycles. The molecular formula is C14H13BrFNO. The lowest BCUT2D eigenvalue weighted by Crippen LogP contribution is -1.97. The second-order valence-corrected chi connectivity index (χ2v) is 4.89. The maximum Gasteiger partial charge on any atom is 0.128 e. The molecule has 0 unspecified atom stereocenters. The van der Waals surface area contributed by atoms with Gasteiger partial charge in [0.1, 0.15) is 5.82 Å². The van der Waals surface area contributed by atoms with Crippen molar-refractivity contribution in [3.8, 4) is 0 Å². The standard InChI is InChI=1S/C14H13BrFNO/c15-12-3-6-14(16)11(7-12)9-18-8-10-1-4-13(17)5-2-10/h1-7H,8-9,17H2. The summed E-state index contributed by atoms with van der Waals surface area (Å²) in [7, 11) is 0. The van der Waals surface area contributed by atoms with Crippen LogP contribution in [0.25, 0.3) is 0 Å². The number of rotatable bonds is 4. The van der Waals surface area contributed by atoms with Crippen LogP contribution in [0, 0.1) is 5.82 Å². The summed E-state index contributed by atoms with van der Waals surface area (Å²) in [6, 6.07) is 12.2. The van der Waals surface area contributed by atoms with E-state index in [1.807, 2.05) is 24.3 Å². The number of nitrogen functional groups attached to an aromatic ring is 1. The molecule has 0 saturated heterocycles. The van der Waals surface area contributed by atoms with Gasteiger partial charge in [-0.2, -0.15) is 0 Å². The van der Waals surface area contributed by atoms with Gasteiger partial charge < -0.3 is 10.5 Å². The van der Waals surface area contributed by atoms with Gasteiger partial charge in [-0.25, -0.2) is 4.39 Å². The summed E-state index contributed by atoms with van der Waals surface area (Å²) in [5, 5.41) is 0. The van der Waals surface area contributed by atoms with Gasteiger partial charge in [0.15, 0.2) is 0 Å². The van der Waals surface area contributed by atoms with Crippen molar-refractivity contribution in [3.05, 3.63) is 63.9 Å². The summed E-state index contributed by atoms with van der Waals surface area (Å²) in [5.41, 5.74) is 7.86. The van der Waals surface area contributed by atoms with Crippen molar-refractivity contribution in [1.82, 2.24) is 0 Å². The van der Waals surface area contributed by atoms with E-state index in [9.17, 15) is 4.39 Å². The molecule has 2 rings (SSSR count). The van der Waals surface area contributed by atoms with Gasteiger partial charge in [-0.3, -0.25) is 0 Å². The van der Waals surface area contributed by atoms with Gasteiger partial charge in [0.2, 0.25) is 0 Å². The predicted molar refractivity (Wildman–Crippen MR) is 73.4 cm³/mol. The molecule has 2 nitrogen and oxygen atoms in total. The Kier molecular flexibility index (Phi) is 4.33. The van der Waals surface area contributed by atoms with Gasteiger partial charge in [0.05, 0.1) is 13.2 Å². The molecule has 18 heavy (non-hydrogen) atoms. The van der Waals surface area contributed by atoms with Crippen molar-refractivity contribution >= 4 is 21.6 Å². The fraction of sp³-hybridized carbons (Fsp3) is 0.143. The fourth-order valence-electron chi connectivity index (χ4n) is 1.55. The van der Waals surface area contributed by atoms with Crippen LogP contribution in [0.2, 0.25) is 0 Å². The van der Waals surface area contributed by atoms with Crippen molar-refractivity contribution in [2.75, 3.05) is 5.73 Å². The van der Waals surface area contributed by atoms with E-state index < -0.39 is 0 Å². The highest BCUT2D eigenvalue weighted by Crippen LogP contribution is 2.17. The van der Waals surface area contributed by atoms with Crippen LogP contribution >= 0.6 is 15.9 Å². The molecule has 4 heteroatoms. The van der Waals surface area contributed by atoms with Gasteiger partial charge in [0, 0.05) is 15.7 Å². The van der Waals surface area contributed by atoms with Crippen molar-refractivity contribution in [2.24, 2.45) is 0 Å². The van der Waals surface area contributed by atoms with Crippen molar-refractivity contribution in [2.45, 2.75) is 13.2 Å². The highest BCUT2D eigenvalue weighted by Gasteiger charge is 2.03. The zero-order chi connectivity index (χ0) is 13.0. The van der Waals surface area contributed by atoms with E-state index in [1.165, 1.54) is 6.07 Å². The molecule has 2 aromatic rings. The van der Waals surface area contributed by atoms with Crippen LogP contribution in [0.15, 0.2) is 46.9 Å². The normalized spacial score (nSPS) is 10.6. The smallest absolute Gasteiger partial charge is 0.128 e. The number of nitrogens with two attached hydrogens (primary N) is 1. The van der Waals surface area contributed by atoms with Crippen molar-refractivity contribution in [3.63, 3.8) is 0 Å². The van der Waals surface area contributed by atoms with Gasteiger partial charge in [-0.15, -0.1) is 0 Å². The third-order valence-corrected chi connectivity index (χ3v) is 3.01. The van der Waals surface area contributed by atoms with Crippen LogP contribution in [0.5, 0.6) is 0 Å². The summed E-state index contributed by atoms with van der Waals surface area (Å²) in [6.45, 7) is 0.682. The quantitative estimate of drug-likeness (QED) is 0.870. The molecule has 0 aliphatic carbocycles. The second-order valence-electron chi connectivity index (χ2n) is 3.97. The van der Waals surface area contributed by atoms with Crippen LogP contribution in [-0.4, -0.2) is 0 Å². The first-order valence-corrected chi connectivity index (χ1v) is 6.30. The van der Waals surface area contributed by atoms with Crippen LogP contribution < -0.4 is 5.73 Å². The van der Waals surface area contributed by atoms with Gasteiger partial charge in [0.25, 0.3) is 0 Å². The third-order valence-electron chi connectivity index (χ3n) is 2.51. The summed E-state index contributed by atoms with van der Waals surface area (Å²) in [4.78, 5) is 0. The van der Waals surface area contributed by atoms with E-state index in [4.69, 9.17) is 10.5 Å². The van der Waals surface area contributed by atoms with E-state index >= 15 is 0 Å². The minimum Gasteiger partial charge on any atom is -0.399 e. The average molecular weight is 310 g/mol. The molecule has 2 N–H and O–H groups in total. The van der Waals surface area contributed by atoms with Gasteiger partial charge >= 0.3 is 0 Å². The number of hydrogen-bond acceptors (Lipinski definition) is 2. The van der Waals surface area contributed by atoms with E-state index in [-0.39, 0.29) is 12.4 Å². The van der Waals surface area contributed by atoms with E-state index in [0.29, 0.717) is 12.2 Å². The maximum absolute atomic E-state index is 13.4. The van der Waals surface area contributed by atoms with E-state index in [0.717, 1.165) is 15.7 Å². The molecule has 0 saturated carbocycles. The first kappa shape index (κ1) is 13.1. The molecule has 2 aromatic carbocycles. The molecule has 0 bridgehead atoms. The molecule has 0 atom stereocenters. The first-order valence-electron chi connectivity index (χ1n) is 5.51. The number of anilines is 1. The molecule has 0 radical (unpaired) electrons. The topological polar surface area (TPSA) is 35.2 Å². The highest BCUT2D eigenvalue weighted by molar-refractivity contribution is 9.10. The zero-order valence-corrected chi connectivity index (χ0v) is 11.3. The van der Waals surface area contributed by atoms with Crippen LogP contribution in [0.4, 0.5) is 10.1 Å². The summed E-state index contributed by atoms with van der Waals surface area (Å²) < 4.78 is 19.8. The van der Waals surface area contributed by atoms with E-state index in [2.05, 4.69) is 15.9 Å². The fourth-order valence-corrected chi connectivity index (χ4v) is 1.96. The van der Waals surface area contributed by atoms with Crippen LogP contribution in [-0.2, 0) is 18.0 Å². The Labute approximate surface area is 114 Å². The molecule has 0 aliphatic heterocycles. The summed E-state index contributed by atoms with van der Waals surface area (Å²) in [5.74, 6) is -0.254. The lowest BCUT2D eigenvalue weighted by molar-refractivity contribution is 0.105. The number of hydrogen-bond donors (Lipinski definition) is 1. The monoisotopic (exact) mass is 309 g/mol. The summed E-state index contributed by atoms with van der Waals surface area (Å²) in [6.07, 6.45) is 0. The van der Waals surface area contributed by atoms with Crippen LogP contribution in [0.3, 0.4) is 0 Å². The number of benzene rings is 2. The van der Waals surface area contributed by atoms with Crippen molar-refractivity contribution in [1.29, 1.82) is 0 Å². The molecule has 0 aromatic heterocycles. The van der Waals surface area contributed by atoms with Crippen LogP contribution in [0.1, 0.15) is 11.1 Å². The lowest BCUT2D eigenvalue weighted by Gasteiger charge is -2.06. The number of ether oxygens (including phenoxy) is 1. The third kappa shape index (κ3) is 3.55. The Hall–Kier alpha value is -1.39. The Morgan fingerprint density at radius 1 is 1.06 bits per heavy atom. The molecule has 0 fully saturated rings. The van der Waals surface area contributed by atoms with E-state index in [1.54, 1.807) is 12.1 Å². The molecule has 0 spiro atoms. The SMILES string of the molecule is Nc1ccc(COCc2cc(Br)ccc2F)cc1.